The molecule has 5 nitrogen and oxygen atoms in total. The first kappa shape index (κ1) is 20.6. The third kappa shape index (κ3) is 4.64. The second-order valence-electron chi connectivity index (χ2n) is 6.38. The summed E-state index contributed by atoms with van der Waals surface area (Å²) >= 11 is 4.92. The predicted octanol–water partition coefficient (Wildman–Crippen LogP) is 5.01. The Hall–Kier alpha value is -2.12. The number of methoxy groups -OCH3 is 1. The normalized spacial score (nSPS) is 18.4. The maximum Gasteiger partial charge on any atom is 0.242 e. The van der Waals surface area contributed by atoms with Gasteiger partial charge in [0, 0.05) is 10.0 Å². The van der Waals surface area contributed by atoms with Gasteiger partial charge in [0.2, 0.25) is 5.91 Å². The molecule has 1 heterocycles. The first-order chi connectivity index (χ1) is 13.5. The standard InChI is InChI=1S/C21H22BrN3O2S/c1-4-19-20(26)25(13-15-8-6-5-7-14(15)2)21(28-19)24-23-12-16-11-17(22)9-10-18(16)27-3/h5-12,19H,4,13H2,1-3H3/b23-12+,24-21+. The fraction of sp³-hybridized carbons (Fsp3) is 0.286. The van der Waals surface area contributed by atoms with Crippen molar-refractivity contribution in [3.05, 3.63) is 63.6 Å². The fourth-order valence-electron chi connectivity index (χ4n) is 2.89. The van der Waals surface area contributed by atoms with Crippen LogP contribution in [0.15, 0.2) is 57.1 Å². The largest absolute Gasteiger partial charge is 0.496 e. The van der Waals surface area contributed by atoms with Gasteiger partial charge in [0.25, 0.3) is 0 Å². The smallest absolute Gasteiger partial charge is 0.242 e. The molecule has 0 aliphatic carbocycles. The van der Waals surface area contributed by atoms with E-state index in [0.29, 0.717) is 17.5 Å². The highest BCUT2D eigenvalue weighted by atomic mass is 79.9. The first-order valence-electron chi connectivity index (χ1n) is 9.00. The molecule has 0 bridgehead atoms. The van der Waals surface area contributed by atoms with E-state index in [1.165, 1.54) is 11.8 Å². The van der Waals surface area contributed by atoms with Crippen LogP contribution in [0.3, 0.4) is 0 Å². The topological polar surface area (TPSA) is 54.3 Å². The van der Waals surface area contributed by atoms with E-state index in [1.54, 1.807) is 18.2 Å². The molecule has 1 unspecified atom stereocenters. The van der Waals surface area contributed by atoms with E-state index in [1.807, 2.05) is 43.3 Å². The van der Waals surface area contributed by atoms with Gasteiger partial charge in [-0.2, -0.15) is 5.10 Å². The van der Waals surface area contributed by atoms with Crippen LogP contribution in [0.1, 0.15) is 30.0 Å². The molecular formula is C21H22BrN3O2S. The van der Waals surface area contributed by atoms with Crippen molar-refractivity contribution in [2.45, 2.75) is 32.1 Å². The lowest BCUT2D eigenvalue weighted by molar-refractivity contribution is -0.126. The number of benzene rings is 2. The molecule has 146 valence electrons. The second-order valence-corrected chi connectivity index (χ2v) is 8.46. The third-order valence-corrected chi connectivity index (χ3v) is 6.34. The molecule has 0 N–H and O–H groups in total. The Kier molecular flexibility index (Phi) is 6.91. The Morgan fingerprint density at radius 2 is 2.07 bits per heavy atom. The summed E-state index contributed by atoms with van der Waals surface area (Å²) in [7, 11) is 1.62. The second kappa shape index (κ2) is 9.39. The highest BCUT2D eigenvalue weighted by Crippen LogP contribution is 2.31. The number of amidine groups is 1. The quantitative estimate of drug-likeness (QED) is 0.450. The van der Waals surface area contributed by atoms with E-state index >= 15 is 0 Å². The Morgan fingerprint density at radius 3 is 2.79 bits per heavy atom. The summed E-state index contributed by atoms with van der Waals surface area (Å²) in [4.78, 5) is 14.5. The monoisotopic (exact) mass is 459 g/mol. The predicted molar refractivity (Wildman–Crippen MR) is 119 cm³/mol. The summed E-state index contributed by atoms with van der Waals surface area (Å²) < 4.78 is 6.29. The van der Waals surface area contributed by atoms with Crippen molar-refractivity contribution in [2.24, 2.45) is 10.2 Å². The number of thioether (sulfide) groups is 1. The van der Waals surface area contributed by atoms with Crippen LogP contribution >= 0.6 is 27.7 Å². The van der Waals surface area contributed by atoms with Crippen LogP contribution in [0.4, 0.5) is 0 Å². The van der Waals surface area contributed by atoms with Gasteiger partial charge in [-0.25, -0.2) is 0 Å². The molecule has 2 aromatic carbocycles. The van der Waals surface area contributed by atoms with Crippen molar-refractivity contribution in [3.8, 4) is 5.75 Å². The molecule has 1 aliphatic rings. The van der Waals surface area contributed by atoms with Gasteiger partial charge >= 0.3 is 0 Å². The summed E-state index contributed by atoms with van der Waals surface area (Å²) in [5.41, 5.74) is 3.08. The third-order valence-electron chi connectivity index (χ3n) is 4.51. The lowest BCUT2D eigenvalue weighted by Gasteiger charge is -2.17. The minimum Gasteiger partial charge on any atom is -0.496 e. The van der Waals surface area contributed by atoms with Gasteiger partial charge in [-0.1, -0.05) is 58.9 Å². The van der Waals surface area contributed by atoms with Crippen molar-refractivity contribution < 1.29 is 9.53 Å². The SMILES string of the molecule is CCC1S/C(=N/N=C/c2cc(Br)ccc2OC)N(Cc2ccccc2C)C1=O. The van der Waals surface area contributed by atoms with E-state index in [9.17, 15) is 4.79 Å². The van der Waals surface area contributed by atoms with E-state index < -0.39 is 0 Å². The summed E-state index contributed by atoms with van der Waals surface area (Å²) in [6.07, 6.45) is 2.41. The number of ether oxygens (including phenoxy) is 1. The van der Waals surface area contributed by atoms with Crippen LogP contribution < -0.4 is 4.74 Å². The zero-order valence-electron chi connectivity index (χ0n) is 16.1. The van der Waals surface area contributed by atoms with Crippen LogP contribution in [0.5, 0.6) is 5.75 Å². The number of hydrogen-bond acceptors (Lipinski definition) is 5. The van der Waals surface area contributed by atoms with E-state index in [4.69, 9.17) is 4.74 Å². The molecule has 1 atom stereocenters. The van der Waals surface area contributed by atoms with Crippen molar-refractivity contribution >= 4 is 45.0 Å². The zero-order chi connectivity index (χ0) is 20.1. The highest BCUT2D eigenvalue weighted by molar-refractivity contribution is 9.10. The number of amides is 1. The van der Waals surface area contributed by atoms with Crippen molar-refractivity contribution in [1.82, 2.24) is 4.90 Å². The Balaban J connectivity index is 1.86. The molecule has 1 amide bonds. The zero-order valence-corrected chi connectivity index (χ0v) is 18.5. The van der Waals surface area contributed by atoms with E-state index in [0.717, 1.165) is 27.6 Å². The number of hydrogen-bond donors (Lipinski definition) is 0. The van der Waals surface area contributed by atoms with Gasteiger partial charge in [0.05, 0.1) is 25.1 Å². The molecule has 0 radical (unpaired) electrons. The van der Waals surface area contributed by atoms with Gasteiger partial charge in [-0.15, -0.1) is 5.10 Å². The molecule has 0 saturated carbocycles. The maximum absolute atomic E-state index is 12.8. The lowest BCUT2D eigenvalue weighted by Crippen LogP contribution is -2.31. The number of aryl methyl sites for hydroxylation is 1. The van der Waals surface area contributed by atoms with Crippen LogP contribution in [-0.2, 0) is 11.3 Å². The molecule has 1 fully saturated rings. The van der Waals surface area contributed by atoms with Gasteiger partial charge in [0.15, 0.2) is 5.17 Å². The highest BCUT2D eigenvalue weighted by Gasteiger charge is 2.37. The Bertz CT molecular complexity index is 930. The fourth-order valence-corrected chi connectivity index (χ4v) is 4.30. The summed E-state index contributed by atoms with van der Waals surface area (Å²) in [5, 5.41) is 9.12. The Morgan fingerprint density at radius 1 is 1.29 bits per heavy atom. The molecule has 3 rings (SSSR count). The van der Waals surface area contributed by atoms with Crippen molar-refractivity contribution in [1.29, 1.82) is 0 Å². The van der Waals surface area contributed by atoms with E-state index in [-0.39, 0.29) is 11.2 Å². The molecule has 1 saturated heterocycles. The number of halogens is 1. The summed E-state index contributed by atoms with van der Waals surface area (Å²) in [6.45, 7) is 4.57. The molecule has 7 heteroatoms. The van der Waals surface area contributed by atoms with Gasteiger partial charge in [-0.05, 0) is 42.7 Å². The number of rotatable bonds is 6. The maximum atomic E-state index is 12.8. The molecule has 0 spiro atoms. The average molecular weight is 460 g/mol. The van der Waals surface area contributed by atoms with Crippen LogP contribution in [0.2, 0.25) is 0 Å². The average Bonchev–Trinajstić information content (AvgIpc) is 2.99. The van der Waals surface area contributed by atoms with Crippen LogP contribution in [0, 0.1) is 6.92 Å². The number of carbonyl (C=O) groups excluding carboxylic acids is 1. The van der Waals surface area contributed by atoms with E-state index in [2.05, 4.69) is 39.1 Å². The van der Waals surface area contributed by atoms with Gasteiger partial charge < -0.3 is 4.74 Å². The molecule has 0 aromatic heterocycles. The van der Waals surface area contributed by atoms with Crippen molar-refractivity contribution in [2.75, 3.05) is 7.11 Å². The molecule has 2 aromatic rings. The van der Waals surface area contributed by atoms with Gasteiger partial charge in [0.1, 0.15) is 5.75 Å². The first-order valence-corrected chi connectivity index (χ1v) is 10.7. The molecule has 1 aliphatic heterocycles. The summed E-state index contributed by atoms with van der Waals surface area (Å²) in [6, 6.07) is 13.8. The summed E-state index contributed by atoms with van der Waals surface area (Å²) in [5.74, 6) is 0.801. The Labute approximate surface area is 178 Å². The minimum absolute atomic E-state index is 0.0877. The molecular weight excluding hydrogens is 438 g/mol. The van der Waals surface area contributed by atoms with Crippen LogP contribution in [0.25, 0.3) is 0 Å². The van der Waals surface area contributed by atoms with Crippen LogP contribution in [-0.4, -0.2) is 34.5 Å². The molecule has 28 heavy (non-hydrogen) atoms. The van der Waals surface area contributed by atoms with Crippen molar-refractivity contribution in [3.63, 3.8) is 0 Å². The van der Waals surface area contributed by atoms with Gasteiger partial charge in [-0.3, -0.25) is 9.69 Å². The lowest BCUT2D eigenvalue weighted by atomic mass is 10.1. The number of nitrogens with zero attached hydrogens (tertiary/aromatic N) is 3. The minimum atomic E-state index is -0.113. The number of carbonyl (C=O) groups is 1.